The van der Waals surface area contributed by atoms with Crippen LogP contribution in [0.4, 0.5) is 0 Å². The molecule has 13 nitrogen and oxygen atoms in total. The van der Waals surface area contributed by atoms with E-state index in [0.717, 1.165) is 13.1 Å². The molecule has 4 bridgehead atoms. The highest BCUT2D eigenvalue weighted by Gasteiger charge is 2.64. The van der Waals surface area contributed by atoms with Crippen LogP contribution in [0.25, 0.3) is 0 Å². The Morgan fingerprint density at radius 2 is 1.48 bits per heavy atom. The number of nitrogens with zero attached hydrogens (tertiary/aromatic N) is 1. The van der Waals surface area contributed by atoms with Gasteiger partial charge in [-0.05, 0) is 72.9 Å². The van der Waals surface area contributed by atoms with Gasteiger partial charge in [0.2, 0.25) is 0 Å². The average molecular weight is 746 g/mol. The summed E-state index contributed by atoms with van der Waals surface area (Å²) in [7, 11) is 1.56. The molecule has 52 heavy (non-hydrogen) atoms. The van der Waals surface area contributed by atoms with Crippen molar-refractivity contribution in [2.75, 3.05) is 20.2 Å². The van der Waals surface area contributed by atoms with Crippen LogP contribution in [0.15, 0.2) is 0 Å². The van der Waals surface area contributed by atoms with Gasteiger partial charge in [-0.25, -0.2) is 0 Å². The smallest absolute Gasteiger partial charge is 0.286 e. The Hall–Kier alpha value is -0.520. The van der Waals surface area contributed by atoms with Gasteiger partial charge in [-0.3, -0.25) is 4.90 Å². The fourth-order valence-corrected chi connectivity index (χ4v) is 10.4. The van der Waals surface area contributed by atoms with Gasteiger partial charge >= 0.3 is 0 Å². The minimum absolute atomic E-state index is 0.0240. The minimum atomic E-state index is -2.17. The van der Waals surface area contributed by atoms with Crippen molar-refractivity contribution < 1.29 is 58.3 Å². The predicted octanol–water partition coefficient (Wildman–Crippen LogP) is 3.56. The molecule has 5 aliphatic heterocycles. The molecule has 0 aromatic carbocycles. The van der Waals surface area contributed by atoms with Crippen LogP contribution in [-0.2, 0) is 37.9 Å². The van der Waals surface area contributed by atoms with Crippen LogP contribution in [0.1, 0.15) is 109 Å². The lowest BCUT2D eigenvalue weighted by molar-refractivity contribution is -0.481. The van der Waals surface area contributed by atoms with Crippen molar-refractivity contribution in [2.45, 2.75) is 205 Å². The molecule has 4 N–H and O–H groups in total. The van der Waals surface area contributed by atoms with Crippen LogP contribution in [0.3, 0.4) is 0 Å². The third-order valence-corrected chi connectivity index (χ3v) is 13.5. The SMILES string of the molecule is CC[C@H]1O[C@]2(O)O[C@H]([C@@H](C)C3O[C@](C)(C[C@@H]3C)[C@H](O[C@@H]3OC(C)CC(N(CC)CC)C3O)[C@@H](C)[C@H](O[C@H]3CC(C)(OC)[C@@H](O)C(C)O3)[C@H]2C)[C@]1(C)O. The highest BCUT2D eigenvalue weighted by Crippen LogP contribution is 2.52. The Balaban J connectivity index is 1.62. The van der Waals surface area contributed by atoms with Crippen molar-refractivity contribution >= 4 is 0 Å². The number of hydrogen-bond acceptors (Lipinski definition) is 13. The maximum absolute atomic E-state index is 12.5. The van der Waals surface area contributed by atoms with Gasteiger partial charge in [-0.1, -0.05) is 48.5 Å². The summed E-state index contributed by atoms with van der Waals surface area (Å²) < 4.78 is 52.5. The van der Waals surface area contributed by atoms with Gasteiger partial charge in [0.1, 0.15) is 17.8 Å². The molecule has 0 aromatic heterocycles. The van der Waals surface area contributed by atoms with Crippen molar-refractivity contribution in [2.24, 2.45) is 23.7 Å². The number of aliphatic hydroxyl groups is 4. The lowest BCUT2D eigenvalue weighted by Gasteiger charge is -2.55. The molecule has 5 rings (SSSR count). The Bertz CT molecular complexity index is 1190. The van der Waals surface area contributed by atoms with Crippen LogP contribution >= 0.6 is 0 Å². The molecule has 0 spiro atoms. The maximum atomic E-state index is 12.5. The number of hydrogen-bond donors (Lipinski definition) is 4. The highest BCUT2D eigenvalue weighted by atomic mass is 16.8. The first kappa shape index (κ1) is 42.6. The molecule has 5 heterocycles. The van der Waals surface area contributed by atoms with E-state index in [0.29, 0.717) is 19.3 Å². The van der Waals surface area contributed by atoms with Crippen LogP contribution in [0.5, 0.6) is 0 Å². The molecule has 0 amide bonds. The van der Waals surface area contributed by atoms with Crippen molar-refractivity contribution in [3.63, 3.8) is 0 Å². The lowest BCUT2D eigenvalue weighted by Crippen LogP contribution is -2.69. The average Bonchev–Trinajstić information content (AvgIpc) is 3.40. The molecule has 304 valence electrons. The second-order valence-electron chi connectivity index (χ2n) is 17.4. The third kappa shape index (κ3) is 7.63. The van der Waals surface area contributed by atoms with Crippen LogP contribution < -0.4 is 0 Å². The normalized spacial score (nSPS) is 54.6. The van der Waals surface area contributed by atoms with E-state index >= 15 is 0 Å². The molecule has 6 unspecified atom stereocenters. The van der Waals surface area contributed by atoms with E-state index in [1.807, 2.05) is 48.5 Å². The zero-order valence-electron chi connectivity index (χ0n) is 34.0. The third-order valence-electron chi connectivity index (χ3n) is 13.5. The quantitative estimate of drug-likeness (QED) is 0.272. The van der Waals surface area contributed by atoms with Crippen molar-refractivity contribution in [1.29, 1.82) is 0 Å². The molecular formula is C39H71NO12. The van der Waals surface area contributed by atoms with Gasteiger partial charge in [0.05, 0.1) is 59.8 Å². The van der Waals surface area contributed by atoms with Crippen LogP contribution in [0.2, 0.25) is 0 Å². The summed E-state index contributed by atoms with van der Waals surface area (Å²) in [4.78, 5) is 2.24. The molecule has 20 atom stereocenters. The van der Waals surface area contributed by atoms with E-state index in [1.165, 1.54) is 0 Å². The topological polar surface area (TPSA) is 158 Å². The summed E-state index contributed by atoms with van der Waals surface area (Å²) in [5, 5.41) is 47.4. The first-order chi connectivity index (χ1) is 24.2. The van der Waals surface area contributed by atoms with Gasteiger partial charge in [0, 0.05) is 31.4 Å². The summed E-state index contributed by atoms with van der Waals surface area (Å²) >= 11 is 0. The molecule has 13 heteroatoms. The monoisotopic (exact) mass is 745 g/mol. The van der Waals surface area contributed by atoms with E-state index in [9.17, 15) is 20.4 Å². The summed E-state index contributed by atoms with van der Waals surface area (Å²) in [6.45, 7) is 24.9. The van der Waals surface area contributed by atoms with E-state index in [1.54, 1.807) is 21.0 Å². The molecule has 5 saturated heterocycles. The summed E-state index contributed by atoms with van der Waals surface area (Å²) in [6.07, 6.45) is -6.03. The number of ether oxygens (including phenoxy) is 8. The van der Waals surface area contributed by atoms with Crippen LogP contribution in [0, 0.1) is 23.7 Å². The zero-order valence-corrected chi connectivity index (χ0v) is 34.0. The first-order valence-corrected chi connectivity index (χ1v) is 19.9. The van der Waals surface area contributed by atoms with Crippen molar-refractivity contribution in [3.05, 3.63) is 0 Å². The standard InChI is InChI=1S/C39H71NO12/c1-14-27-38(12,43)34-22(6)30-20(4)18-37(11,51-30)33(49-35-29(41)26(17-21(5)46-35)40(15-2)16-3)23(7)31(24(8)39(44,50-27)52-34)48-28-19-36(10,45-13)32(42)25(9)47-28/h20-35,41-44H,14-19H2,1-13H3/t20-,21?,22-,23-,24+,25?,26?,27+,28-,29?,30?,31-,32-,33+,34+,35-,36?,37+,38+,39-/m0/s1. The van der Waals surface area contributed by atoms with Gasteiger partial charge in [-0.15, -0.1) is 0 Å². The molecule has 0 aromatic rings. The number of aliphatic hydroxyl groups excluding tert-OH is 2. The molecule has 0 radical (unpaired) electrons. The minimum Gasteiger partial charge on any atom is -0.387 e. The molecule has 5 aliphatic rings. The maximum Gasteiger partial charge on any atom is 0.286 e. The van der Waals surface area contributed by atoms with Crippen LogP contribution in [-0.4, -0.2) is 142 Å². The highest BCUT2D eigenvalue weighted by molar-refractivity contribution is 5.07. The fraction of sp³-hybridized carbons (Fsp3) is 1.00. The molecular weight excluding hydrogens is 674 g/mol. The number of rotatable bonds is 9. The van der Waals surface area contributed by atoms with Gasteiger partial charge in [0.25, 0.3) is 5.97 Å². The lowest BCUT2D eigenvalue weighted by atomic mass is 9.74. The van der Waals surface area contributed by atoms with Gasteiger partial charge in [-0.2, -0.15) is 0 Å². The van der Waals surface area contributed by atoms with Crippen molar-refractivity contribution in [3.8, 4) is 0 Å². The summed E-state index contributed by atoms with van der Waals surface area (Å²) in [5.41, 5.74) is -3.30. The van der Waals surface area contributed by atoms with Gasteiger partial charge in [0.15, 0.2) is 12.6 Å². The largest absolute Gasteiger partial charge is 0.387 e. The Kier molecular flexibility index (Phi) is 12.9. The Labute approximate surface area is 311 Å². The zero-order chi connectivity index (χ0) is 38.7. The van der Waals surface area contributed by atoms with E-state index in [-0.39, 0.29) is 36.5 Å². The molecule has 0 saturated carbocycles. The molecule has 0 aliphatic carbocycles. The fourth-order valence-electron chi connectivity index (χ4n) is 10.4. The summed E-state index contributed by atoms with van der Waals surface area (Å²) in [5.74, 6) is -3.89. The Morgan fingerprint density at radius 3 is 2.08 bits per heavy atom. The second-order valence-corrected chi connectivity index (χ2v) is 17.4. The van der Waals surface area contributed by atoms with E-state index in [2.05, 4.69) is 25.7 Å². The van der Waals surface area contributed by atoms with E-state index in [4.69, 9.17) is 37.9 Å². The first-order valence-electron chi connectivity index (χ1n) is 19.9. The number of fused-ring (bicyclic) bond motifs is 4. The number of likely N-dealkylation sites (N-methyl/N-ethyl adjacent to an activating group) is 1. The second kappa shape index (κ2) is 15.8. The van der Waals surface area contributed by atoms with E-state index < -0.39 is 89.9 Å². The predicted molar refractivity (Wildman–Crippen MR) is 192 cm³/mol. The summed E-state index contributed by atoms with van der Waals surface area (Å²) in [6, 6.07) is -0.165. The Morgan fingerprint density at radius 1 is 0.827 bits per heavy atom. The number of methoxy groups -OCH3 is 1. The van der Waals surface area contributed by atoms with Gasteiger partial charge < -0.3 is 58.3 Å². The molecule has 5 fully saturated rings. The van der Waals surface area contributed by atoms with Crippen molar-refractivity contribution in [1.82, 2.24) is 4.90 Å².